The van der Waals surface area contributed by atoms with E-state index >= 15 is 0 Å². The first kappa shape index (κ1) is 39.7. The van der Waals surface area contributed by atoms with Crippen LogP contribution in [0.25, 0.3) is 43.8 Å². The Morgan fingerprint density at radius 3 is 1.51 bits per heavy atom. The molecule has 0 aromatic heterocycles. The van der Waals surface area contributed by atoms with Gasteiger partial charge in [-0.2, -0.15) is 12.1 Å². The average molecular weight is 781 g/mol. The topological polar surface area (TPSA) is 0 Å². The van der Waals surface area contributed by atoms with E-state index in [9.17, 15) is 0 Å². The van der Waals surface area contributed by atoms with Gasteiger partial charge in [-0.1, -0.05) is 112 Å². The Hall–Kier alpha value is -4.13. The third-order valence-electron chi connectivity index (χ3n) is 8.98. The molecular formula is C48H42Cl2Zr-2. The number of halogens is 2. The minimum atomic E-state index is 0. The van der Waals surface area contributed by atoms with E-state index in [1.165, 1.54) is 99.1 Å². The van der Waals surface area contributed by atoms with Crippen LogP contribution < -0.4 is 24.8 Å². The Morgan fingerprint density at radius 1 is 0.510 bits per heavy atom. The maximum atomic E-state index is 2.34. The van der Waals surface area contributed by atoms with Gasteiger partial charge in [0.25, 0.3) is 0 Å². The molecule has 0 nitrogen and oxygen atoms in total. The van der Waals surface area contributed by atoms with E-state index in [1.807, 2.05) is 0 Å². The molecule has 3 heteroatoms. The van der Waals surface area contributed by atoms with E-state index < -0.39 is 0 Å². The van der Waals surface area contributed by atoms with Crippen LogP contribution in [0.1, 0.15) is 47.6 Å². The van der Waals surface area contributed by atoms with Crippen LogP contribution in [0.5, 0.6) is 0 Å². The molecule has 0 radical (unpaired) electrons. The zero-order chi connectivity index (χ0) is 34.2. The molecule has 8 rings (SSSR count). The van der Waals surface area contributed by atoms with Crippen LogP contribution in [0.3, 0.4) is 0 Å². The first-order valence-electron chi connectivity index (χ1n) is 17.1. The number of benzene rings is 6. The van der Waals surface area contributed by atoms with Crippen molar-refractivity contribution < 1.29 is 49.0 Å². The van der Waals surface area contributed by atoms with Crippen LogP contribution in [0.4, 0.5) is 0 Å². The summed E-state index contributed by atoms with van der Waals surface area (Å²) >= 11 is 1.46. The molecule has 0 spiro atoms. The average Bonchev–Trinajstić information content (AvgIpc) is 3.78. The molecule has 0 bridgehead atoms. The standard InChI is InChI=1S/C18H17.C17H15.C13H10.2ClH.Zr/c1-13(2)16-11-15-9-6-10-17(18(15)12-16)14-7-4-3-5-8-14;1-12-10-16-13(2)8-9-15(17(16)11-12)14-6-4-3-5-7-14;1-3-7-12(8-4-1)11-13-9-5-2-6-10-13;;;/h3-13H,1-2H3;3-11H,1-2H3;1-10H;2*1H;/q2*-1;;;;+2/p-2. The van der Waals surface area contributed by atoms with Crippen molar-refractivity contribution in [2.24, 2.45) is 0 Å². The van der Waals surface area contributed by atoms with Gasteiger partial charge < -0.3 is 24.8 Å². The molecular weight excluding hydrogens is 739 g/mol. The zero-order valence-corrected chi connectivity index (χ0v) is 33.5. The molecule has 0 fully saturated rings. The molecule has 8 aromatic rings. The molecule has 51 heavy (non-hydrogen) atoms. The molecule has 0 N–H and O–H groups in total. The summed E-state index contributed by atoms with van der Waals surface area (Å²) in [6.07, 6.45) is 0. The Labute approximate surface area is 331 Å². The van der Waals surface area contributed by atoms with Crippen molar-refractivity contribution >= 4 is 24.8 Å². The van der Waals surface area contributed by atoms with Crippen LogP contribution in [0.15, 0.2) is 176 Å². The van der Waals surface area contributed by atoms with Gasteiger partial charge in [-0.15, -0.1) is 68.6 Å². The summed E-state index contributed by atoms with van der Waals surface area (Å²) in [5.41, 5.74) is 12.0. The van der Waals surface area contributed by atoms with Gasteiger partial charge in [0.15, 0.2) is 0 Å². The van der Waals surface area contributed by atoms with E-state index in [4.69, 9.17) is 0 Å². The Balaban J connectivity index is 0.000000170. The number of aryl methyl sites for hydroxylation is 2. The van der Waals surface area contributed by atoms with Crippen molar-refractivity contribution in [1.82, 2.24) is 0 Å². The molecule has 0 aliphatic carbocycles. The quantitative estimate of drug-likeness (QED) is 0.165. The number of fused-ring (bicyclic) bond motifs is 2. The van der Waals surface area contributed by atoms with Crippen LogP contribution >= 0.6 is 0 Å². The summed E-state index contributed by atoms with van der Waals surface area (Å²) in [5, 5.41) is 5.46. The third-order valence-corrected chi connectivity index (χ3v) is 10.4. The monoisotopic (exact) mass is 778 g/mol. The molecule has 0 aliphatic rings. The van der Waals surface area contributed by atoms with Crippen LogP contribution in [-0.4, -0.2) is 3.21 Å². The summed E-state index contributed by atoms with van der Waals surface area (Å²) in [4.78, 5) is 0. The number of hydrogen-bond acceptors (Lipinski definition) is 0. The van der Waals surface area contributed by atoms with Gasteiger partial charge in [0.2, 0.25) is 0 Å². The second-order valence-corrected chi connectivity index (χ2v) is 14.1. The fourth-order valence-corrected chi connectivity index (χ4v) is 7.12. The van der Waals surface area contributed by atoms with Gasteiger partial charge in [-0.3, -0.25) is 0 Å². The van der Waals surface area contributed by atoms with Crippen LogP contribution in [0, 0.1) is 13.8 Å². The first-order valence-corrected chi connectivity index (χ1v) is 18.3. The predicted molar refractivity (Wildman–Crippen MR) is 210 cm³/mol. The molecule has 0 saturated heterocycles. The molecule has 0 aliphatic heterocycles. The minimum absolute atomic E-state index is 0. The summed E-state index contributed by atoms with van der Waals surface area (Å²) < 4.78 is 1.42. The van der Waals surface area contributed by atoms with Crippen molar-refractivity contribution in [3.63, 3.8) is 0 Å². The summed E-state index contributed by atoms with van der Waals surface area (Å²) in [6.45, 7) is 8.83. The molecule has 0 heterocycles. The van der Waals surface area contributed by atoms with Gasteiger partial charge in [0.1, 0.15) is 0 Å². The van der Waals surface area contributed by atoms with Gasteiger partial charge in [-0.25, -0.2) is 0 Å². The number of rotatable bonds is 5. The van der Waals surface area contributed by atoms with Gasteiger partial charge in [0.05, 0.1) is 0 Å². The van der Waals surface area contributed by atoms with Crippen LogP contribution in [-0.2, 0) is 24.2 Å². The van der Waals surface area contributed by atoms with Crippen LogP contribution in [0.2, 0.25) is 0 Å². The normalized spacial score (nSPS) is 10.3. The zero-order valence-electron chi connectivity index (χ0n) is 29.6. The van der Waals surface area contributed by atoms with E-state index in [1.54, 1.807) is 0 Å². The Bertz CT molecular complexity index is 2220. The van der Waals surface area contributed by atoms with E-state index in [2.05, 4.69) is 204 Å². The molecule has 8 aromatic carbocycles. The van der Waals surface area contributed by atoms with E-state index in [0.29, 0.717) is 5.92 Å². The van der Waals surface area contributed by atoms with E-state index in [-0.39, 0.29) is 24.8 Å². The Morgan fingerprint density at radius 2 is 1.00 bits per heavy atom. The Kier molecular flexibility index (Phi) is 14.7. The second-order valence-electron chi connectivity index (χ2n) is 12.9. The van der Waals surface area contributed by atoms with Crippen molar-refractivity contribution in [1.29, 1.82) is 0 Å². The molecule has 0 atom stereocenters. The van der Waals surface area contributed by atoms with Gasteiger partial charge >= 0.3 is 99.2 Å². The molecule has 0 unspecified atom stereocenters. The third kappa shape index (κ3) is 9.81. The summed E-state index contributed by atoms with van der Waals surface area (Å²) in [5.74, 6) is 0.584. The van der Waals surface area contributed by atoms with Gasteiger partial charge in [0, 0.05) is 0 Å². The fourth-order valence-electron chi connectivity index (χ4n) is 6.30. The molecule has 0 amide bonds. The summed E-state index contributed by atoms with van der Waals surface area (Å²) in [6, 6.07) is 62.5. The molecule has 0 saturated carbocycles. The first-order chi connectivity index (χ1) is 23.9. The van der Waals surface area contributed by atoms with Gasteiger partial charge in [-0.05, 0) is 17.0 Å². The van der Waals surface area contributed by atoms with Crippen molar-refractivity contribution in [3.8, 4) is 22.3 Å². The number of hydrogen-bond donors (Lipinski definition) is 0. The predicted octanol–water partition coefficient (Wildman–Crippen LogP) is 7.00. The SMILES string of the molecule is CC(C)c1cc2c(-c3ccccc3)cccc2[cH-]1.Cc1cc2c(-c3ccccc3)ccc(C)c2[cH-]1.[Cl-].[Cl-].[Zr+2]=[C](c1ccccc1)c1ccccc1. The summed E-state index contributed by atoms with van der Waals surface area (Å²) in [7, 11) is 0. The second kappa shape index (κ2) is 18.9. The van der Waals surface area contributed by atoms with E-state index in [0.717, 1.165) is 0 Å². The van der Waals surface area contributed by atoms with Crippen molar-refractivity contribution in [3.05, 3.63) is 204 Å². The van der Waals surface area contributed by atoms with Crippen molar-refractivity contribution in [2.75, 3.05) is 0 Å². The molecule has 254 valence electrons. The van der Waals surface area contributed by atoms with Crippen molar-refractivity contribution in [2.45, 2.75) is 33.6 Å². The fraction of sp³-hybridized carbons (Fsp3) is 0.104. The maximum absolute atomic E-state index is 2.34.